The van der Waals surface area contributed by atoms with Crippen molar-refractivity contribution in [1.82, 2.24) is 5.32 Å². The fraction of sp³-hybridized carbons (Fsp3) is 0.500. The molecule has 0 aliphatic carbocycles. The molecule has 0 saturated heterocycles. The minimum atomic E-state index is 0. The van der Waals surface area contributed by atoms with Gasteiger partial charge in [0, 0.05) is 24.3 Å². The third-order valence-corrected chi connectivity index (χ3v) is 2.77. The first-order chi connectivity index (χ1) is 7.38. The first-order valence-electron chi connectivity index (χ1n) is 5.32. The van der Waals surface area contributed by atoms with Crippen LogP contribution in [-0.4, -0.2) is 18.6 Å². The van der Waals surface area contributed by atoms with Crippen LogP contribution in [0.25, 0.3) is 0 Å². The number of hydrogen-bond donors (Lipinski definition) is 2. The number of anilines is 1. The van der Waals surface area contributed by atoms with E-state index in [0.717, 1.165) is 18.8 Å². The van der Waals surface area contributed by atoms with E-state index in [-0.39, 0.29) is 17.9 Å². The summed E-state index contributed by atoms with van der Waals surface area (Å²) in [5.74, 6) is 0. The first-order valence-corrected chi connectivity index (χ1v) is 6.08. The summed E-state index contributed by atoms with van der Waals surface area (Å²) in [5.41, 5.74) is 1.14. The van der Waals surface area contributed by atoms with Crippen molar-refractivity contribution in [3.63, 3.8) is 0 Å². The van der Waals surface area contributed by atoms with Gasteiger partial charge < -0.3 is 10.6 Å². The van der Waals surface area contributed by atoms with Crippen LogP contribution >= 0.6 is 35.6 Å². The van der Waals surface area contributed by atoms with Crippen LogP contribution in [0.4, 0.5) is 5.69 Å². The Kier molecular flexibility index (Phi) is 7.26. The van der Waals surface area contributed by atoms with Gasteiger partial charge in [-0.15, -0.1) is 12.4 Å². The molecule has 0 aromatic heterocycles. The fourth-order valence-electron chi connectivity index (χ4n) is 1.25. The van der Waals surface area contributed by atoms with E-state index in [0.29, 0.717) is 10.0 Å². The normalized spacial score (nSPS) is 10.9. The van der Waals surface area contributed by atoms with E-state index in [1.54, 1.807) is 6.07 Å². The van der Waals surface area contributed by atoms with Gasteiger partial charge in [0.15, 0.2) is 0 Å². The van der Waals surface area contributed by atoms with Gasteiger partial charge in [-0.2, -0.15) is 0 Å². The molecule has 1 rings (SSSR count). The molecule has 0 radical (unpaired) electrons. The highest BCUT2D eigenvalue weighted by molar-refractivity contribution is 6.42. The average Bonchev–Trinajstić information content (AvgIpc) is 2.17. The minimum absolute atomic E-state index is 0. The highest BCUT2D eigenvalue weighted by Gasteiger charge is 2.07. The van der Waals surface area contributed by atoms with E-state index in [1.807, 2.05) is 12.1 Å². The second-order valence-corrected chi connectivity index (χ2v) is 5.55. The maximum atomic E-state index is 5.91. The maximum Gasteiger partial charge on any atom is 0.0612 e. The summed E-state index contributed by atoms with van der Waals surface area (Å²) >= 11 is 11.7. The predicted molar refractivity (Wildman–Crippen MR) is 80.0 cm³/mol. The summed E-state index contributed by atoms with van der Waals surface area (Å²) in [6.07, 6.45) is 0. The molecule has 0 fully saturated rings. The van der Waals surface area contributed by atoms with Gasteiger partial charge in [-0.3, -0.25) is 0 Å². The molecule has 2 nitrogen and oxygen atoms in total. The average molecular weight is 298 g/mol. The van der Waals surface area contributed by atoms with Crippen LogP contribution in [0.5, 0.6) is 0 Å². The van der Waals surface area contributed by atoms with Gasteiger partial charge in [0.2, 0.25) is 0 Å². The van der Waals surface area contributed by atoms with Crippen LogP contribution in [0.3, 0.4) is 0 Å². The second kappa shape index (κ2) is 7.32. The third-order valence-electron chi connectivity index (χ3n) is 2.03. The quantitative estimate of drug-likeness (QED) is 0.813. The molecule has 0 aliphatic rings. The minimum Gasteiger partial charge on any atom is -0.384 e. The molecule has 2 N–H and O–H groups in total. The Balaban J connectivity index is 0.00000256. The number of hydrogen-bond acceptors (Lipinski definition) is 2. The molecule has 0 aliphatic heterocycles. The van der Waals surface area contributed by atoms with Gasteiger partial charge in [0.1, 0.15) is 0 Å². The smallest absolute Gasteiger partial charge is 0.0612 e. The maximum absolute atomic E-state index is 5.91. The van der Waals surface area contributed by atoms with E-state index >= 15 is 0 Å². The Labute approximate surface area is 119 Å². The zero-order chi connectivity index (χ0) is 12.2. The summed E-state index contributed by atoms with van der Waals surface area (Å²) in [6, 6.07) is 5.55. The van der Waals surface area contributed by atoms with Crippen LogP contribution in [0.15, 0.2) is 18.2 Å². The summed E-state index contributed by atoms with van der Waals surface area (Å²) in [6.45, 7) is 8.20. The molecular weight excluding hydrogens is 279 g/mol. The molecule has 0 amide bonds. The lowest BCUT2D eigenvalue weighted by atomic mass is 10.1. The van der Waals surface area contributed by atoms with Crippen molar-refractivity contribution in [1.29, 1.82) is 0 Å². The van der Waals surface area contributed by atoms with Crippen molar-refractivity contribution < 1.29 is 0 Å². The fourth-order valence-corrected chi connectivity index (χ4v) is 1.55. The van der Waals surface area contributed by atoms with Gasteiger partial charge in [-0.1, -0.05) is 23.2 Å². The number of benzene rings is 1. The van der Waals surface area contributed by atoms with Gasteiger partial charge >= 0.3 is 0 Å². The summed E-state index contributed by atoms with van der Waals surface area (Å²) in [7, 11) is 0. The van der Waals surface area contributed by atoms with E-state index in [1.165, 1.54) is 0 Å². The Morgan fingerprint density at radius 1 is 1.06 bits per heavy atom. The van der Waals surface area contributed by atoms with Gasteiger partial charge in [0.05, 0.1) is 10.0 Å². The van der Waals surface area contributed by atoms with Crippen molar-refractivity contribution >= 4 is 41.3 Å². The Morgan fingerprint density at radius 2 is 1.71 bits per heavy atom. The molecule has 0 atom stereocenters. The van der Waals surface area contributed by atoms with Crippen LogP contribution in [-0.2, 0) is 0 Å². The Hall–Kier alpha value is -0.150. The molecular formula is C12H19Cl3N2. The highest BCUT2D eigenvalue weighted by Crippen LogP contribution is 2.24. The molecule has 5 heteroatoms. The van der Waals surface area contributed by atoms with Crippen LogP contribution < -0.4 is 10.6 Å². The van der Waals surface area contributed by atoms with E-state index in [2.05, 4.69) is 31.4 Å². The van der Waals surface area contributed by atoms with E-state index in [9.17, 15) is 0 Å². The van der Waals surface area contributed by atoms with Gasteiger partial charge in [0.25, 0.3) is 0 Å². The first kappa shape index (κ1) is 16.9. The van der Waals surface area contributed by atoms with Gasteiger partial charge in [-0.25, -0.2) is 0 Å². The topological polar surface area (TPSA) is 24.1 Å². The van der Waals surface area contributed by atoms with Gasteiger partial charge in [-0.05, 0) is 39.0 Å². The molecule has 0 unspecified atom stereocenters. The second-order valence-electron chi connectivity index (χ2n) is 4.73. The predicted octanol–water partition coefficient (Wildman–Crippen LogP) is 4.22. The van der Waals surface area contributed by atoms with Crippen molar-refractivity contribution in [3.8, 4) is 0 Å². The molecule has 0 bridgehead atoms. The lowest BCUT2D eigenvalue weighted by Gasteiger charge is -2.20. The summed E-state index contributed by atoms with van der Waals surface area (Å²) < 4.78 is 0. The van der Waals surface area contributed by atoms with E-state index in [4.69, 9.17) is 23.2 Å². The zero-order valence-corrected chi connectivity index (χ0v) is 12.6. The molecule has 98 valence electrons. The SMILES string of the molecule is CC(C)(C)NCCNc1ccc(Cl)c(Cl)c1.Cl. The third kappa shape index (κ3) is 6.99. The lowest BCUT2D eigenvalue weighted by molar-refractivity contribution is 0.435. The molecule has 1 aromatic rings. The van der Waals surface area contributed by atoms with E-state index < -0.39 is 0 Å². The van der Waals surface area contributed by atoms with Crippen molar-refractivity contribution in [3.05, 3.63) is 28.2 Å². The number of rotatable bonds is 4. The Bertz CT molecular complexity index is 348. The summed E-state index contributed by atoms with van der Waals surface area (Å²) in [4.78, 5) is 0. The Morgan fingerprint density at radius 3 is 2.24 bits per heavy atom. The van der Waals surface area contributed by atoms with Crippen molar-refractivity contribution in [2.24, 2.45) is 0 Å². The summed E-state index contributed by atoms with van der Waals surface area (Å²) in [5, 5.41) is 7.84. The van der Waals surface area contributed by atoms with Crippen LogP contribution in [0, 0.1) is 0 Å². The van der Waals surface area contributed by atoms with Crippen LogP contribution in [0.2, 0.25) is 10.0 Å². The van der Waals surface area contributed by atoms with Crippen molar-refractivity contribution in [2.45, 2.75) is 26.3 Å². The molecule has 0 heterocycles. The number of halogens is 3. The van der Waals surface area contributed by atoms with Crippen LogP contribution in [0.1, 0.15) is 20.8 Å². The highest BCUT2D eigenvalue weighted by atomic mass is 35.5. The molecule has 1 aromatic carbocycles. The molecule has 0 spiro atoms. The monoisotopic (exact) mass is 296 g/mol. The molecule has 17 heavy (non-hydrogen) atoms. The largest absolute Gasteiger partial charge is 0.384 e. The zero-order valence-electron chi connectivity index (χ0n) is 10.3. The standard InChI is InChI=1S/C12H18Cl2N2.ClH/c1-12(2,3)16-7-6-15-9-4-5-10(13)11(14)8-9;/h4-5,8,15-16H,6-7H2,1-3H3;1H. The molecule has 0 saturated carbocycles. The number of nitrogens with one attached hydrogen (secondary N) is 2. The van der Waals surface area contributed by atoms with Crippen molar-refractivity contribution in [2.75, 3.05) is 18.4 Å². The lowest BCUT2D eigenvalue weighted by Crippen LogP contribution is -2.38.